The Kier molecular flexibility index (Phi) is 6.35. The normalized spacial score (nSPS) is 10.3. The van der Waals surface area contributed by atoms with Crippen LogP contribution in [0.25, 0.3) is 5.82 Å². The molecule has 0 radical (unpaired) electrons. The maximum Gasteiger partial charge on any atom is 0.340 e. The summed E-state index contributed by atoms with van der Waals surface area (Å²) in [5.74, 6) is 0.299. The Morgan fingerprint density at radius 2 is 2.07 bits per heavy atom. The van der Waals surface area contributed by atoms with Gasteiger partial charge in [0.2, 0.25) is 0 Å². The van der Waals surface area contributed by atoms with Gasteiger partial charge in [0.1, 0.15) is 12.4 Å². The molecule has 0 atom stereocenters. The summed E-state index contributed by atoms with van der Waals surface area (Å²) in [5.41, 5.74) is 1.35. The molecule has 0 aliphatic carbocycles. The molecule has 0 saturated heterocycles. The van der Waals surface area contributed by atoms with Crippen molar-refractivity contribution < 1.29 is 19.1 Å². The minimum Gasteiger partial charge on any atom is -0.492 e. The van der Waals surface area contributed by atoms with Gasteiger partial charge in [0.25, 0.3) is 5.91 Å². The Morgan fingerprint density at radius 1 is 1.18 bits per heavy atom. The molecular weight excluding hydrogens is 360 g/mol. The molecule has 0 spiro atoms. The SMILES string of the molecule is Cc1cccc(OCCNC(=O)COC(=O)c2ccc(-n3cccn3)nc2)c1. The van der Waals surface area contributed by atoms with Crippen molar-refractivity contribution in [2.24, 2.45) is 0 Å². The Bertz CT molecular complexity index is 924. The van der Waals surface area contributed by atoms with E-state index in [2.05, 4.69) is 15.4 Å². The molecule has 0 aliphatic heterocycles. The molecule has 3 aromatic rings. The van der Waals surface area contributed by atoms with Crippen molar-refractivity contribution in [3.8, 4) is 11.6 Å². The summed E-state index contributed by atoms with van der Waals surface area (Å²) in [4.78, 5) is 27.9. The van der Waals surface area contributed by atoms with Crippen LogP contribution >= 0.6 is 0 Å². The summed E-state index contributed by atoms with van der Waals surface area (Å²) in [6.45, 7) is 2.24. The molecule has 1 N–H and O–H groups in total. The van der Waals surface area contributed by atoms with Gasteiger partial charge in [-0.05, 0) is 42.8 Å². The average molecular weight is 380 g/mol. The predicted molar refractivity (Wildman–Crippen MR) is 101 cm³/mol. The number of hydrogen-bond donors (Lipinski definition) is 1. The number of ether oxygens (including phenoxy) is 2. The lowest BCUT2D eigenvalue weighted by Gasteiger charge is -2.09. The van der Waals surface area contributed by atoms with Crippen molar-refractivity contribution in [1.82, 2.24) is 20.1 Å². The van der Waals surface area contributed by atoms with Crippen LogP contribution in [0.15, 0.2) is 61.1 Å². The monoisotopic (exact) mass is 380 g/mol. The average Bonchev–Trinajstić information content (AvgIpc) is 3.24. The van der Waals surface area contributed by atoms with Crippen molar-refractivity contribution in [3.63, 3.8) is 0 Å². The molecule has 2 heterocycles. The molecular formula is C20H20N4O4. The fourth-order valence-corrected chi connectivity index (χ4v) is 2.38. The van der Waals surface area contributed by atoms with Gasteiger partial charge < -0.3 is 14.8 Å². The van der Waals surface area contributed by atoms with Crippen molar-refractivity contribution in [3.05, 3.63) is 72.2 Å². The van der Waals surface area contributed by atoms with Gasteiger partial charge in [-0.1, -0.05) is 12.1 Å². The van der Waals surface area contributed by atoms with E-state index in [0.29, 0.717) is 19.0 Å². The third-order valence-electron chi connectivity index (χ3n) is 3.74. The number of nitrogens with one attached hydrogen (secondary N) is 1. The van der Waals surface area contributed by atoms with Crippen molar-refractivity contribution in [2.75, 3.05) is 19.8 Å². The van der Waals surface area contributed by atoms with E-state index in [1.165, 1.54) is 6.20 Å². The summed E-state index contributed by atoms with van der Waals surface area (Å²) in [6, 6.07) is 12.6. The first-order valence-electron chi connectivity index (χ1n) is 8.71. The van der Waals surface area contributed by atoms with Crippen LogP contribution < -0.4 is 10.1 Å². The molecule has 8 nitrogen and oxygen atoms in total. The number of carbonyl (C=O) groups is 2. The van der Waals surface area contributed by atoms with Gasteiger partial charge in [0.05, 0.1) is 12.1 Å². The molecule has 0 bridgehead atoms. The zero-order valence-electron chi connectivity index (χ0n) is 15.4. The summed E-state index contributed by atoms with van der Waals surface area (Å²) >= 11 is 0. The van der Waals surface area contributed by atoms with Crippen LogP contribution in [0.5, 0.6) is 5.75 Å². The van der Waals surface area contributed by atoms with Crippen LogP contribution in [0.3, 0.4) is 0 Å². The van der Waals surface area contributed by atoms with E-state index in [9.17, 15) is 9.59 Å². The second kappa shape index (κ2) is 9.31. The van der Waals surface area contributed by atoms with E-state index in [1.54, 1.807) is 35.3 Å². The highest BCUT2D eigenvalue weighted by Gasteiger charge is 2.11. The molecule has 8 heteroatoms. The first-order valence-corrected chi connectivity index (χ1v) is 8.71. The maximum atomic E-state index is 12.0. The molecule has 1 aromatic carbocycles. The molecule has 0 aliphatic rings. The smallest absolute Gasteiger partial charge is 0.340 e. The molecule has 1 amide bonds. The molecule has 0 unspecified atom stereocenters. The molecule has 28 heavy (non-hydrogen) atoms. The first kappa shape index (κ1) is 19.1. The fraction of sp³-hybridized carbons (Fsp3) is 0.200. The first-order chi connectivity index (χ1) is 13.6. The van der Waals surface area contributed by atoms with Crippen molar-refractivity contribution in [2.45, 2.75) is 6.92 Å². The minimum atomic E-state index is -0.620. The maximum absolute atomic E-state index is 12.0. The zero-order chi connectivity index (χ0) is 19.8. The van der Waals surface area contributed by atoms with Gasteiger partial charge in [-0.3, -0.25) is 4.79 Å². The van der Waals surface area contributed by atoms with E-state index in [-0.39, 0.29) is 12.2 Å². The lowest BCUT2D eigenvalue weighted by molar-refractivity contribution is -0.124. The van der Waals surface area contributed by atoms with Crippen LogP contribution in [0.2, 0.25) is 0 Å². The standard InChI is InChI=1S/C20H20N4O4/c1-15-4-2-5-17(12-15)27-11-9-21-19(25)14-28-20(26)16-6-7-18(22-13-16)24-10-3-8-23-24/h2-8,10,12-13H,9,11,14H2,1H3,(H,21,25). The van der Waals surface area contributed by atoms with E-state index >= 15 is 0 Å². The number of carbonyl (C=O) groups excluding carboxylic acids is 2. The Labute approximate surface area is 162 Å². The molecule has 0 saturated carbocycles. The van der Waals surface area contributed by atoms with Crippen LogP contribution in [0.1, 0.15) is 15.9 Å². The molecule has 144 valence electrons. The Morgan fingerprint density at radius 3 is 2.79 bits per heavy atom. The molecule has 3 rings (SSSR count). The van der Waals surface area contributed by atoms with E-state index < -0.39 is 11.9 Å². The number of pyridine rings is 1. The Balaban J connectivity index is 1.37. The van der Waals surface area contributed by atoms with Gasteiger partial charge in [-0.25, -0.2) is 14.5 Å². The number of amides is 1. The largest absolute Gasteiger partial charge is 0.492 e. The lowest BCUT2D eigenvalue weighted by Crippen LogP contribution is -2.32. The summed E-state index contributed by atoms with van der Waals surface area (Å²) in [6.07, 6.45) is 4.76. The number of esters is 1. The van der Waals surface area contributed by atoms with E-state index in [1.807, 2.05) is 31.2 Å². The van der Waals surface area contributed by atoms with Gasteiger partial charge in [0.15, 0.2) is 12.4 Å². The topological polar surface area (TPSA) is 95.3 Å². The summed E-state index contributed by atoms with van der Waals surface area (Å²) in [7, 11) is 0. The van der Waals surface area contributed by atoms with E-state index in [4.69, 9.17) is 9.47 Å². The number of benzene rings is 1. The van der Waals surface area contributed by atoms with Gasteiger partial charge in [-0.15, -0.1) is 0 Å². The predicted octanol–water partition coefficient (Wildman–Crippen LogP) is 1.93. The number of hydrogen-bond acceptors (Lipinski definition) is 6. The third-order valence-corrected chi connectivity index (χ3v) is 3.74. The summed E-state index contributed by atoms with van der Waals surface area (Å²) < 4.78 is 12.1. The van der Waals surface area contributed by atoms with Crippen LogP contribution in [0.4, 0.5) is 0 Å². The van der Waals surface area contributed by atoms with E-state index in [0.717, 1.165) is 11.3 Å². The zero-order valence-corrected chi connectivity index (χ0v) is 15.4. The number of rotatable bonds is 8. The van der Waals surface area contributed by atoms with Gasteiger partial charge >= 0.3 is 5.97 Å². The fourth-order valence-electron chi connectivity index (χ4n) is 2.38. The highest BCUT2D eigenvalue weighted by atomic mass is 16.5. The second-order valence-corrected chi connectivity index (χ2v) is 5.95. The van der Waals surface area contributed by atoms with Gasteiger partial charge in [0, 0.05) is 18.6 Å². The second-order valence-electron chi connectivity index (χ2n) is 5.95. The Hall–Kier alpha value is -3.68. The van der Waals surface area contributed by atoms with Crippen LogP contribution in [-0.2, 0) is 9.53 Å². The van der Waals surface area contributed by atoms with Crippen LogP contribution in [0, 0.1) is 6.92 Å². The number of aromatic nitrogens is 3. The molecule has 2 aromatic heterocycles. The molecule has 0 fully saturated rings. The number of nitrogens with zero attached hydrogens (tertiary/aromatic N) is 3. The quantitative estimate of drug-likeness (QED) is 0.474. The highest BCUT2D eigenvalue weighted by molar-refractivity contribution is 5.91. The summed E-state index contributed by atoms with van der Waals surface area (Å²) in [5, 5.41) is 6.69. The van der Waals surface area contributed by atoms with Crippen LogP contribution in [-0.4, -0.2) is 46.4 Å². The van der Waals surface area contributed by atoms with Crippen molar-refractivity contribution in [1.29, 1.82) is 0 Å². The number of aryl methyl sites for hydroxylation is 1. The van der Waals surface area contributed by atoms with Gasteiger partial charge in [-0.2, -0.15) is 5.10 Å². The third kappa shape index (κ3) is 5.41. The highest BCUT2D eigenvalue weighted by Crippen LogP contribution is 2.11. The lowest BCUT2D eigenvalue weighted by atomic mass is 10.2. The minimum absolute atomic E-state index is 0.256. The van der Waals surface area contributed by atoms with Crippen molar-refractivity contribution >= 4 is 11.9 Å².